The maximum Gasteiger partial charge on any atom is 0.231 e. The van der Waals surface area contributed by atoms with Crippen LogP contribution in [-0.2, 0) is 14.4 Å². The van der Waals surface area contributed by atoms with Crippen LogP contribution in [-0.4, -0.2) is 17.6 Å². The number of ketones is 1. The Morgan fingerprint density at radius 3 is 1.33 bits per heavy atom. The lowest BCUT2D eigenvalue weighted by molar-refractivity contribution is -0.128. The van der Waals surface area contributed by atoms with Gasteiger partial charge in [-0.2, -0.15) is 0 Å². The van der Waals surface area contributed by atoms with E-state index in [-0.39, 0.29) is 12.8 Å². The van der Waals surface area contributed by atoms with Crippen LogP contribution in [0.2, 0.25) is 10.0 Å². The van der Waals surface area contributed by atoms with Crippen LogP contribution < -0.4 is 10.6 Å². The van der Waals surface area contributed by atoms with Crippen molar-refractivity contribution < 1.29 is 14.4 Å². The molecule has 0 aliphatic heterocycles. The molecule has 24 heavy (non-hydrogen) atoms. The van der Waals surface area contributed by atoms with Gasteiger partial charge in [-0.15, -0.1) is 0 Å². The van der Waals surface area contributed by atoms with E-state index >= 15 is 0 Å². The second-order valence-electron chi connectivity index (χ2n) is 5.00. The molecule has 2 amide bonds. The van der Waals surface area contributed by atoms with Crippen LogP contribution in [0.3, 0.4) is 0 Å². The van der Waals surface area contributed by atoms with Gasteiger partial charge in [-0.25, -0.2) is 0 Å². The van der Waals surface area contributed by atoms with E-state index in [1.807, 2.05) is 0 Å². The highest BCUT2D eigenvalue weighted by atomic mass is 35.5. The summed E-state index contributed by atoms with van der Waals surface area (Å²) in [4.78, 5) is 35.3. The number of hydrogen-bond donors (Lipinski definition) is 2. The minimum atomic E-state index is -0.485. The molecule has 0 saturated carbocycles. The molecule has 2 rings (SSSR count). The number of nitrogens with one attached hydrogen (secondary N) is 2. The number of anilines is 2. The van der Waals surface area contributed by atoms with Gasteiger partial charge in [0.05, 0.1) is 12.8 Å². The van der Waals surface area contributed by atoms with Gasteiger partial charge in [0.25, 0.3) is 0 Å². The van der Waals surface area contributed by atoms with Crippen LogP contribution in [0.1, 0.15) is 12.8 Å². The molecular formula is C17H14Cl2N2O3. The largest absolute Gasteiger partial charge is 0.326 e. The Morgan fingerprint density at radius 1 is 0.667 bits per heavy atom. The van der Waals surface area contributed by atoms with Crippen molar-refractivity contribution in [2.45, 2.75) is 12.8 Å². The topological polar surface area (TPSA) is 75.3 Å². The molecular weight excluding hydrogens is 351 g/mol. The van der Waals surface area contributed by atoms with E-state index in [2.05, 4.69) is 10.6 Å². The summed E-state index contributed by atoms with van der Waals surface area (Å²) >= 11 is 11.5. The van der Waals surface area contributed by atoms with Crippen molar-refractivity contribution in [1.29, 1.82) is 0 Å². The fourth-order valence-electron chi connectivity index (χ4n) is 1.90. The summed E-state index contributed by atoms with van der Waals surface area (Å²) in [5, 5.41) is 6.22. The van der Waals surface area contributed by atoms with Crippen LogP contribution in [0.5, 0.6) is 0 Å². The van der Waals surface area contributed by atoms with E-state index in [1.54, 1.807) is 48.5 Å². The number of carbonyl (C=O) groups excluding carboxylic acids is 3. The number of rotatable bonds is 6. The fraction of sp³-hybridized carbons (Fsp3) is 0.118. The van der Waals surface area contributed by atoms with Crippen molar-refractivity contribution in [3.05, 3.63) is 58.6 Å². The van der Waals surface area contributed by atoms with Crippen LogP contribution in [0.4, 0.5) is 11.4 Å². The normalized spacial score (nSPS) is 10.1. The number of amides is 2. The van der Waals surface area contributed by atoms with E-state index in [4.69, 9.17) is 23.2 Å². The highest BCUT2D eigenvalue weighted by molar-refractivity contribution is 6.31. The summed E-state index contributed by atoms with van der Waals surface area (Å²) in [5.74, 6) is -1.45. The third kappa shape index (κ3) is 6.02. The first kappa shape index (κ1) is 18.0. The van der Waals surface area contributed by atoms with Gasteiger partial charge in [-0.05, 0) is 48.5 Å². The molecule has 0 fully saturated rings. The lowest BCUT2D eigenvalue weighted by Gasteiger charge is -2.06. The highest BCUT2D eigenvalue weighted by Crippen LogP contribution is 2.15. The number of Topliss-reactive ketones (excluding diaryl/α,β-unsaturated/α-hetero) is 1. The molecule has 0 atom stereocenters. The zero-order chi connectivity index (χ0) is 17.5. The lowest BCUT2D eigenvalue weighted by atomic mass is 10.2. The second kappa shape index (κ2) is 8.47. The van der Waals surface area contributed by atoms with Gasteiger partial charge in [0.15, 0.2) is 5.78 Å². The Bertz CT molecular complexity index is 680. The van der Waals surface area contributed by atoms with Crippen LogP contribution in [0, 0.1) is 0 Å². The van der Waals surface area contributed by atoms with Crippen LogP contribution >= 0.6 is 23.2 Å². The van der Waals surface area contributed by atoms with Gasteiger partial charge >= 0.3 is 0 Å². The standard InChI is InChI=1S/C17H14Cl2N2O3/c18-11-1-5-13(6-2-11)20-16(23)9-15(22)10-17(24)21-14-7-3-12(19)4-8-14/h1-8H,9-10H2,(H,20,23)(H,21,24). The van der Waals surface area contributed by atoms with E-state index < -0.39 is 17.6 Å². The minimum absolute atomic E-state index is 0.378. The maximum absolute atomic E-state index is 11.8. The predicted molar refractivity (Wildman–Crippen MR) is 94.4 cm³/mol. The lowest BCUT2D eigenvalue weighted by Crippen LogP contribution is -2.21. The number of benzene rings is 2. The summed E-state index contributed by atoms with van der Waals surface area (Å²) in [6, 6.07) is 13.0. The first-order valence-corrected chi connectivity index (χ1v) is 7.80. The molecule has 0 spiro atoms. The Morgan fingerprint density at radius 2 is 1.00 bits per heavy atom. The smallest absolute Gasteiger partial charge is 0.231 e. The molecule has 124 valence electrons. The first-order chi connectivity index (χ1) is 11.4. The number of hydrogen-bond acceptors (Lipinski definition) is 3. The molecule has 2 aromatic carbocycles. The number of halogens is 2. The van der Waals surface area contributed by atoms with Crippen LogP contribution in [0.25, 0.3) is 0 Å². The zero-order valence-corrected chi connectivity index (χ0v) is 14.0. The summed E-state index contributed by atoms with van der Waals surface area (Å²) in [5.41, 5.74) is 1.06. The quantitative estimate of drug-likeness (QED) is 0.762. The molecule has 5 nitrogen and oxygen atoms in total. The van der Waals surface area contributed by atoms with E-state index in [9.17, 15) is 14.4 Å². The van der Waals surface area contributed by atoms with Gasteiger partial charge in [0, 0.05) is 21.4 Å². The van der Waals surface area contributed by atoms with Crippen molar-refractivity contribution in [2.24, 2.45) is 0 Å². The average Bonchev–Trinajstić information content (AvgIpc) is 2.51. The van der Waals surface area contributed by atoms with Crippen molar-refractivity contribution in [3.63, 3.8) is 0 Å². The maximum atomic E-state index is 11.8. The molecule has 0 aliphatic rings. The van der Waals surface area contributed by atoms with Gasteiger partial charge in [0.2, 0.25) is 11.8 Å². The Labute approximate surface area is 149 Å². The third-order valence-electron chi connectivity index (χ3n) is 2.97. The SMILES string of the molecule is O=C(CC(=O)Nc1ccc(Cl)cc1)CC(=O)Nc1ccc(Cl)cc1. The predicted octanol–water partition coefficient (Wildman–Crippen LogP) is 3.92. The summed E-state index contributed by atoms with van der Waals surface area (Å²) in [7, 11) is 0. The monoisotopic (exact) mass is 364 g/mol. The molecule has 2 aromatic rings. The molecule has 7 heteroatoms. The van der Waals surface area contributed by atoms with Crippen molar-refractivity contribution >= 4 is 52.2 Å². The minimum Gasteiger partial charge on any atom is -0.326 e. The van der Waals surface area contributed by atoms with Crippen LogP contribution in [0.15, 0.2) is 48.5 Å². The average molecular weight is 365 g/mol. The molecule has 0 aromatic heterocycles. The zero-order valence-electron chi connectivity index (χ0n) is 12.5. The third-order valence-corrected chi connectivity index (χ3v) is 3.48. The van der Waals surface area contributed by atoms with Gasteiger partial charge in [-0.1, -0.05) is 23.2 Å². The van der Waals surface area contributed by atoms with Gasteiger partial charge < -0.3 is 10.6 Å². The molecule has 0 heterocycles. The first-order valence-electron chi connectivity index (χ1n) is 7.05. The van der Waals surface area contributed by atoms with Crippen molar-refractivity contribution in [3.8, 4) is 0 Å². The molecule has 0 radical (unpaired) electrons. The van der Waals surface area contributed by atoms with Crippen molar-refractivity contribution in [2.75, 3.05) is 10.6 Å². The molecule has 0 unspecified atom stereocenters. The second-order valence-corrected chi connectivity index (χ2v) is 5.88. The highest BCUT2D eigenvalue weighted by Gasteiger charge is 2.14. The Kier molecular flexibility index (Phi) is 6.35. The molecule has 0 aliphatic carbocycles. The van der Waals surface area contributed by atoms with E-state index in [0.717, 1.165) is 0 Å². The molecule has 0 bridgehead atoms. The van der Waals surface area contributed by atoms with E-state index in [0.29, 0.717) is 21.4 Å². The summed E-state index contributed by atoms with van der Waals surface area (Å²) < 4.78 is 0. The van der Waals surface area contributed by atoms with Crippen molar-refractivity contribution in [1.82, 2.24) is 0 Å². The molecule has 2 N–H and O–H groups in total. The van der Waals surface area contributed by atoms with Gasteiger partial charge in [-0.3, -0.25) is 14.4 Å². The summed E-state index contributed by atoms with van der Waals surface area (Å²) in [6.07, 6.45) is -0.757. The van der Waals surface area contributed by atoms with E-state index in [1.165, 1.54) is 0 Å². The Hall–Kier alpha value is -2.37. The Balaban J connectivity index is 1.79. The van der Waals surface area contributed by atoms with Gasteiger partial charge in [0.1, 0.15) is 0 Å². The fourth-order valence-corrected chi connectivity index (χ4v) is 2.15. The summed E-state index contributed by atoms with van der Waals surface area (Å²) in [6.45, 7) is 0. The molecule has 0 saturated heterocycles. The number of carbonyl (C=O) groups is 3.